The first-order valence-corrected chi connectivity index (χ1v) is 7.90. The Balaban J connectivity index is 2.43. The van der Waals surface area contributed by atoms with Crippen molar-refractivity contribution in [3.8, 4) is 0 Å². The molecule has 0 N–H and O–H groups in total. The van der Waals surface area contributed by atoms with Crippen molar-refractivity contribution in [2.45, 2.75) is 44.2 Å². The van der Waals surface area contributed by atoms with Crippen LogP contribution in [0.3, 0.4) is 0 Å². The van der Waals surface area contributed by atoms with Gasteiger partial charge in [-0.25, -0.2) is 0 Å². The standard InChI is InChI=1S/C8H17ClOSi/c1-10-11(2,9)8-6-4-3-5-7-8/h8H,3-7H2,1-2H3. The second kappa shape index (κ2) is 3.92. The fraction of sp³-hybridized carbons (Fsp3) is 1.00. The van der Waals surface area contributed by atoms with E-state index < -0.39 is 7.63 Å². The Bertz CT molecular complexity index is 121. The van der Waals surface area contributed by atoms with Gasteiger partial charge in [0.05, 0.1) is 0 Å². The van der Waals surface area contributed by atoms with Gasteiger partial charge in [-0.15, -0.1) is 11.1 Å². The lowest BCUT2D eigenvalue weighted by molar-refractivity contribution is 0.376. The fourth-order valence-corrected chi connectivity index (χ4v) is 4.21. The topological polar surface area (TPSA) is 9.23 Å². The van der Waals surface area contributed by atoms with E-state index in [4.69, 9.17) is 15.5 Å². The summed E-state index contributed by atoms with van der Waals surface area (Å²) in [6.07, 6.45) is 6.67. The highest BCUT2D eigenvalue weighted by Crippen LogP contribution is 2.38. The van der Waals surface area contributed by atoms with Gasteiger partial charge < -0.3 is 4.43 Å². The summed E-state index contributed by atoms with van der Waals surface area (Å²) >= 11 is 6.32. The van der Waals surface area contributed by atoms with Crippen LogP contribution in [0.1, 0.15) is 32.1 Å². The third-order valence-corrected chi connectivity index (χ3v) is 6.96. The van der Waals surface area contributed by atoms with Gasteiger partial charge in [-0.2, -0.15) is 0 Å². The molecule has 1 fully saturated rings. The molecule has 1 atom stereocenters. The number of hydrogen-bond acceptors (Lipinski definition) is 1. The smallest absolute Gasteiger partial charge is 0.289 e. The molecule has 0 amide bonds. The van der Waals surface area contributed by atoms with Crippen LogP contribution in [-0.2, 0) is 4.43 Å². The first-order valence-electron chi connectivity index (χ1n) is 4.41. The van der Waals surface area contributed by atoms with Crippen molar-refractivity contribution >= 4 is 18.7 Å². The van der Waals surface area contributed by atoms with E-state index in [-0.39, 0.29) is 0 Å². The molecule has 1 rings (SSSR count). The van der Waals surface area contributed by atoms with E-state index in [2.05, 4.69) is 6.55 Å². The van der Waals surface area contributed by atoms with Crippen molar-refractivity contribution in [1.82, 2.24) is 0 Å². The zero-order chi connectivity index (χ0) is 8.32. The lowest BCUT2D eigenvalue weighted by Gasteiger charge is -2.30. The van der Waals surface area contributed by atoms with E-state index >= 15 is 0 Å². The molecule has 1 nitrogen and oxygen atoms in total. The van der Waals surface area contributed by atoms with Gasteiger partial charge in [0.25, 0.3) is 7.63 Å². The molecule has 0 aliphatic heterocycles. The minimum absolute atomic E-state index is 0.697. The van der Waals surface area contributed by atoms with Gasteiger partial charge in [-0.05, 0) is 24.9 Å². The van der Waals surface area contributed by atoms with Crippen LogP contribution in [0.25, 0.3) is 0 Å². The molecule has 1 aliphatic rings. The molecule has 1 saturated carbocycles. The summed E-state index contributed by atoms with van der Waals surface area (Å²) in [5.41, 5.74) is 0.697. The van der Waals surface area contributed by atoms with Crippen molar-refractivity contribution in [1.29, 1.82) is 0 Å². The number of hydrogen-bond donors (Lipinski definition) is 0. The van der Waals surface area contributed by atoms with Gasteiger partial charge in [-0.3, -0.25) is 0 Å². The summed E-state index contributed by atoms with van der Waals surface area (Å²) in [6, 6.07) is 0. The largest absolute Gasteiger partial charge is 0.406 e. The van der Waals surface area contributed by atoms with Crippen molar-refractivity contribution in [2.75, 3.05) is 7.11 Å². The Morgan fingerprint density at radius 1 is 1.27 bits per heavy atom. The molecule has 0 spiro atoms. The van der Waals surface area contributed by atoms with Crippen LogP contribution in [-0.4, -0.2) is 14.7 Å². The van der Waals surface area contributed by atoms with Gasteiger partial charge in [0, 0.05) is 7.11 Å². The maximum Gasteiger partial charge on any atom is 0.289 e. The minimum Gasteiger partial charge on any atom is -0.406 e. The zero-order valence-electron chi connectivity index (χ0n) is 7.40. The third-order valence-electron chi connectivity index (χ3n) is 2.73. The monoisotopic (exact) mass is 192 g/mol. The third kappa shape index (κ3) is 2.46. The summed E-state index contributed by atoms with van der Waals surface area (Å²) in [5.74, 6) is 0. The normalized spacial score (nSPS) is 26.5. The molecule has 0 aromatic carbocycles. The Hall–Kier alpha value is 0.467. The second-order valence-electron chi connectivity index (χ2n) is 3.52. The average molecular weight is 193 g/mol. The van der Waals surface area contributed by atoms with Crippen LogP contribution < -0.4 is 0 Å². The summed E-state index contributed by atoms with van der Waals surface area (Å²) in [7, 11) is -0.0464. The van der Waals surface area contributed by atoms with Crippen LogP contribution in [0.4, 0.5) is 0 Å². The molecule has 0 aromatic rings. The van der Waals surface area contributed by atoms with Crippen LogP contribution in [0.5, 0.6) is 0 Å². The summed E-state index contributed by atoms with van der Waals surface area (Å²) in [5, 5.41) is 0. The van der Waals surface area contributed by atoms with Gasteiger partial charge in [-0.1, -0.05) is 19.3 Å². The molecule has 0 radical (unpaired) electrons. The van der Waals surface area contributed by atoms with E-state index in [1.807, 2.05) is 0 Å². The molecule has 0 bridgehead atoms. The van der Waals surface area contributed by atoms with E-state index in [1.165, 1.54) is 32.1 Å². The van der Waals surface area contributed by atoms with E-state index in [9.17, 15) is 0 Å². The molecular formula is C8H17ClOSi. The molecule has 11 heavy (non-hydrogen) atoms. The first kappa shape index (κ1) is 9.55. The van der Waals surface area contributed by atoms with Crippen LogP contribution >= 0.6 is 11.1 Å². The zero-order valence-corrected chi connectivity index (χ0v) is 9.16. The van der Waals surface area contributed by atoms with Gasteiger partial charge >= 0.3 is 0 Å². The predicted octanol–water partition coefficient (Wildman–Crippen LogP) is 3.28. The Labute approximate surface area is 74.9 Å². The molecule has 0 heterocycles. The van der Waals surface area contributed by atoms with Crippen molar-refractivity contribution in [3.05, 3.63) is 0 Å². The Morgan fingerprint density at radius 2 is 1.82 bits per heavy atom. The van der Waals surface area contributed by atoms with E-state index in [0.717, 1.165) is 0 Å². The molecule has 0 aromatic heterocycles. The highest BCUT2D eigenvalue weighted by atomic mass is 35.6. The second-order valence-corrected chi connectivity index (χ2v) is 8.97. The van der Waals surface area contributed by atoms with Gasteiger partial charge in [0.2, 0.25) is 0 Å². The molecule has 1 aliphatic carbocycles. The van der Waals surface area contributed by atoms with Crippen molar-refractivity contribution in [2.24, 2.45) is 0 Å². The van der Waals surface area contributed by atoms with Gasteiger partial charge in [0.1, 0.15) is 0 Å². The van der Waals surface area contributed by atoms with E-state index in [1.54, 1.807) is 7.11 Å². The SMILES string of the molecule is CO[Si](C)(Cl)C1CCCCC1. The molecule has 1 unspecified atom stereocenters. The molecule has 0 saturated heterocycles. The average Bonchev–Trinajstić information content (AvgIpc) is 2.06. The molecule has 3 heteroatoms. The van der Waals surface area contributed by atoms with Crippen molar-refractivity contribution in [3.63, 3.8) is 0 Å². The summed E-state index contributed by atoms with van der Waals surface area (Å²) in [6.45, 7) is 2.12. The molecular weight excluding hydrogens is 176 g/mol. The Morgan fingerprint density at radius 3 is 2.27 bits per heavy atom. The maximum absolute atomic E-state index is 6.32. The highest BCUT2D eigenvalue weighted by Gasteiger charge is 2.36. The number of rotatable bonds is 2. The maximum atomic E-state index is 6.32. The minimum atomic E-state index is -1.80. The van der Waals surface area contributed by atoms with Gasteiger partial charge in [0.15, 0.2) is 0 Å². The fourth-order valence-electron chi connectivity index (χ4n) is 1.78. The summed E-state index contributed by atoms with van der Waals surface area (Å²) < 4.78 is 5.38. The lowest BCUT2D eigenvalue weighted by atomic mass is 10.0. The van der Waals surface area contributed by atoms with Crippen LogP contribution in [0, 0.1) is 0 Å². The summed E-state index contributed by atoms with van der Waals surface area (Å²) in [4.78, 5) is 0. The van der Waals surface area contributed by atoms with Crippen LogP contribution in [0.2, 0.25) is 12.1 Å². The quantitative estimate of drug-likeness (QED) is 0.482. The predicted molar refractivity (Wildman–Crippen MR) is 51.3 cm³/mol. The van der Waals surface area contributed by atoms with Crippen LogP contribution in [0.15, 0.2) is 0 Å². The first-order chi connectivity index (χ1) is 5.17. The van der Waals surface area contributed by atoms with Crippen molar-refractivity contribution < 1.29 is 4.43 Å². The molecule has 66 valence electrons. The Kier molecular flexibility index (Phi) is 3.41. The van der Waals surface area contributed by atoms with E-state index in [0.29, 0.717) is 5.54 Å². The lowest BCUT2D eigenvalue weighted by Crippen LogP contribution is -2.33. The number of halogens is 1. The highest BCUT2D eigenvalue weighted by molar-refractivity contribution is 7.16.